The number of ether oxygens (including phenoxy) is 1. The first-order valence-corrected chi connectivity index (χ1v) is 6.74. The molecule has 1 aromatic carbocycles. The number of anilines is 1. The maximum absolute atomic E-state index is 12.4. The molecule has 1 unspecified atom stereocenters. The highest BCUT2D eigenvalue weighted by Gasteiger charge is 2.34. The van der Waals surface area contributed by atoms with E-state index in [0.29, 0.717) is 6.61 Å². The molecule has 20 heavy (non-hydrogen) atoms. The van der Waals surface area contributed by atoms with Gasteiger partial charge < -0.3 is 15.4 Å². The maximum Gasteiger partial charge on any atom is 0.231 e. The molecule has 4 nitrogen and oxygen atoms in total. The van der Waals surface area contributed by atoms with E-state index in [0.717, 1.165) is 37.2 Å². The van der Waals surface area contributed by atoms with Crippen LogP contribution in [0, 0.1) is 5.41 Å². The fraction of sp³-hybridized carbons (Fsp3) is 0.533. The van der Waals surface area contributed by atoms with Gasteiger partial charge in [0.05, 0.1) is 12.0 Å². The number of halogens is 1. The number of hydrogen-bond donors (Lipinski definition) is 2. The van der Waals surface area contributed by atoms with Crippen molar-refractivity contribution in [3.05, 3.63) is 29.8 Å². The molecule has 112 valence electrons. The Hall–Kier alpha value is -1.10. The van der Waals surface area contributed by atoms with Crippen LogP contribution in [0.4, 0.5) is 5.69 Å². The molecule has 2 N–H and O–H groups in total. The van der Waals surface area contributed by atoms with Gasteiger partial charge in [-0.05, 0) is 44.0 Å². The van der Waals surface area contributed by atoms with Gasteiger partial charge in [-0.1, -0.05) is 12.1 Å². The van der Waals surface area contributed by atoms with Gasteiger partial charge in [0.25, 0.3) is 0 Å². The zero-order chi connectivity index (χ0) is 13.7. The van der Waals surface area contributed by atoms with E-state index in [9.17, 15) is 4.79 Å². The Labute approximate surface area is 126 Å². The van der Waals surface area contributed by atoms with Gasteiger partial charge in [0.15, 0.2) is 0 Å². The molecule has 1 aromatic rings. The van der Waals surface area contributed by atoms with Gasteiger partial charge in [-0.3, -0.25) is 4.79 Å². The summed E-state index contributed by atoms with van der Waals surface area (Å²) in [6.45, 7) is 4.33. The van der Waals surface area contributed by atoms with Crippen molar-refractivity contribution in [2.75, 3.05) is 25.5 Å². The molecule has 1 amide bonds. The Balaban J connectivity index is 0.00000200. The summed E-state index contributed by atoms with van der Waals surface area (Å²) in [7, 11) is 1.67. The summed E-state index contributed by atoms with van der Waals surface area (Å²) in [6, 6.07) is 7.80. The molecule has 0 saturated carbocycles. The van der Waals surface area contributed by atoms with E-state index in [1.807, 2.05) is 31.2 Å². The standard InChI is InChI=1S/C15H22N2O2.ClH/c1-15(7-4-8-16-11-15)14(18)17-13-6-3-5-12(9-13)10-19-2;/h3,5-6,9,16H,4,7-8,10-11H2,1-2H3,(H,17,18);1H. The monoisotopic (exact) mass is 298 g/mol. The number of methoxy groups -OCH3 is 1. The SMILES string of the molecule is COCc1cccc(NC(=O)C2(C)CCCNC2)c1.Cl. The molecule has 1 aliphatic heterocycles. The lowest BCUT2D eigenvalue weighted by Gasteiger charge is -2.32. The Morgan fingerprint density at radius 3 is 2.95 bits per heavy atom. The topological polar surface area (TPSA) is 50.4 Å². The predicted molar refractivity (Wildman–Crippen MR) is 83.2 cm³/mol. The molecule has 1 heterocycles. The zero-order valence-corrected chi connectivity index (χ0v) is 12.9. The Kier molecular flexibility index (Phi) is 6.46. The number of hydrogen-bond acceptors (Lipinski definition) is 3. The minimum absolute atomic E-state index is 0. The van der Waals surface area contributed by atoms with Crippen LogP contribution in [-0.4, -0.2) is 26.1 Å². The van der Waals surface area contributed by atoms with Gasteiger partial charge in [0.1, 0.15) is 0 Å². The molecule has 0 radical (unpaired) electrons. The summed E-state index contributed by atoms with van der Waals surface area (Å²) in [6.07, 6.45) is 1.98. The van der Waals surface area contributed by atoms with Gasteiger partial charge in [-0.25, -0.2) is 0 Å². The molecular weight excluding hydrogens is 276 g/mol. The van der Waals surface area contributed by atoms with Gasteiger partial charge in [-0.15, -0.1) is 12.4 Å². The van der Waals surface area contributed by atoms with Crippen molar-refractivity contribution >= 4 is 24.0 Å². The van der Waals surface area contributed by atoms with E-state index in [-0.39, 0.29) is 23.7 Å². The number of nitrogens with one attached hydrogen (secondary N) is 2. The molecule has 2 rings (SSSR count). The lowest BCUT2D eigenvalue weighted by atomic mass is 9.82. The van der Waals surface area contributed by atoms with Crippen molar-refractivity contribution in [3.63, 3.8) is 0 Å². The number of benzene rings is 1. The second kappa shape index (κ2) is 7.62. The highest BCUT2D eigenvalue weighted by molar-refractivity contribution is 5.95. The van der Waals surface area contributed by atoms with Crippen LogP contribution >= 0.6 is 12.4 Å². The second-order valence-electron chi connectivity index (χ2n) is 5.43. The molecule has 1 fully saturated rings. The first kappa shape index (κ1) is 17.0. The van der Waals surface area contributed by atoms with Crippen molar-refractivity contribution in [1.29, 1.82) is 0 Å². The van der Waals surface area contributed by atoms with Crippen molar-refractivity contribution in [3.8, 4) is 0 Å². The summed E-state index contributed by atoms with van der Waals surface area (Å²) in [5.41, 5.74) is 1.59. The number of carbonyl (C=O) groups is 1. The third-order valence-corrected chi connectivity index (χ3v) is 3.64. The van der Waals surface area contributed by atoms with Crippen LogP contribution in [0.15, 0.2) is 24.3 Å². The quantitative estimate of drug-likeness (QED) is 0.898. The van der Waals surface area contributed by atoms with Crippen LogP contribution in [-0.2, 0) is 16.1 Å². The average Bonchev–Trinajstić information content (AvgIpc) is 2.40. The molecule has 5 heteroatoms. The van der Waals surface area contributed by atoms with E-state index in [2.05, 4.69) is 10.6 Å². The summed E-state index contributed by atoms with van der Waals surface area (Å²) in [4.78, 5) is 12.4. The largest absolute Gasteiger partial charge is 0.380 e. The first-order chi connectivity index (χ1) is 9.14. The molecule has 0 bridgehead atoms. The van der Waals surface area contributed by atoms with Crippen LogP contribution in [0.25, 0.3) is 0 Å². The molecular formula is C15H23ClN2O2. The van der Waals surface area contributed by atoms with E-state index >= 15 is 0 Å². The number of amides is 1. The van der Waals surface area contributed by atoms with Crippen LogP contribution in [0.2, 0.25) is 0 Å². The number of rotatable bonds is 4. The van der Waals surface area contributed by atoms with Crippen molar-refractivity contribution in [2.24, 2.45) is 5.41 Å². The molecule has 1 atom stereocenters. The Bertz CT molecular complexity index is 445. The van der Waals surface area contributed by atoms with Gasteiger partial charge >= 0.3 is 0 Å². The molecule has 0 spiro atoms. The molecule has 0 aromatic heterocycles. The minimum Gasteiger partial charge on any atom is -0.380 e. The third-order valence-electron chi connectivity index (χ3n) is 3.64. The number of piperidine rings is 1. The van der Waals surface area contributed by atoms with Gasteiger partial charge in [0, 0.05) is 19.3 Å². The van der Waals surface area contributed by atoms with E-state index < -0.39 is 0 Å². The van der Waals surface area contributed by atoms with Crippen LogP contribution in [0.5, 0.6) is 0 Å². The van der Waals surface area contributed by atoms with E-state index in [4.69, 9.17) is 4.74 Å². The summed E-state index contributed by atoms with van der Waals surface area (Å²) < 4.78 is 5.10. The number of carbonyl (C=O) groups excluding carboxylic acids is 1. The first-order valence-electron chi connectivity index (χ1n) is 6.74. The highest BCUT2D eigenvalue weighted by Crippen LogP contribution is 2.27. The second-order valence-corrected chi connectivity index (χ2v) is 5.43. The van der Waals surface area contributed by atoms with Crippen LogP contribution in [0.3, 0.4) is 0 Å². The maximum atomic E-state index is 12.4. The Morgan fingerprint density at radius 2 is 2.30 bits per heavy atom. The Morgan fingerprint density at radius 1 is 1.50 bits per heavy atom. The predicted octanol–water partition coefficient (Wildman–Crippen LogP) is 2.58. The fourth-order valence-corrected chi connectivity index (χ4v) is 2.44. The van der Waals surface area contributed by atoms with Gasteiger partial charge in [-0.2, -0.15) is 0 Å². The highest BCUT2D eigenvalue weighted by atomic mass is 35.5. The van der Waals surface area contributed by atoms with Crippen LogP contribution in [0.1, 0.15) is 25.3 Å². The fourth-order valence-electron chi connectivity index (χ4n) is 2.44. The minimum atomic E-state index is -0.310. The summed E-state index contributed by atoms with van der Waals surface area (Å²) in [5, 5.41) is 6.31. The molecule has 1 aliphatic rings. The lowest BCUT2D eigenvalue weighted by Crippen LogP contribution is -2.46. The van der Waals surface area contributed by atoms with Gasteiger partial charge in [0.2, 0.25) is 5.91 Å². The van der Waals surface area contributed by atoms with Crippen LogP contribution < -0.4 is 10.6 Å². The molecule has 1 saturated heterocycles. The smallest absolute Gasteiger partial charge is 0.231 e. The van der Waals surface area contributed by atoms with E-state index in [1.165, 1.54) is 0 Å². The van der Waals surface area contributed by atoms with Crippen molar-refractivity contribution in [2.45, 2.75) is 26.4 Å². The normalized spacial score (nSPS) is 21.9. The van der Waals surface area contributed by atoms with Crippen molar-refractivity contribution < 1.29 is 9.53 Å². The zero-order valence-electron chi connectivity index (χ0n) is 12.1. The summed E-state index contributed by atoms with van der Waals surface area (Å²) >= 11 is 0. The van der Waals surface area contributed by atoms with E-state index in [1.54, 1.807) is 7.11 Å². The average molecular weight is 299 g/mol. The summed E-state index contributed by atoms with van der Waals surface area (Å²) in [5.74, 6) is 0.0919. The lowest BCUT2D eigenvalue weighted by molar-refractivity contribution is -0.125. The molecule has 0 aliphatic carbocycles. The third kappa shape index (κ3) is 4.20. The van der Waals surface area contributed by atoms with Crippen molar-refractivity contribution in [1.82, 2.24) is 5.32 Å².